The lowest BCUT2D eigenvalue weighted by molar-refractivity contribution is -0.117. The summed E-state index contributed by atoms with van der Waals surface area (Å²) in [6.07, 6.45) is 6.30. The van der Waals surface area contributed by atoms with Crippen LogP contribution in [0.25, 0.3) is 0 Å². The first-order valence-corrected chi connectivity index (χ1v) is 10.5. The Balaban J connectivity index is 1.52. The van der Waals surface area contributed by atoms with Crippen LogP contribution in [0.5, 0.6) is 0 Å². The molecule has 1 amide bonds. The number of hydrogen-bond acceptors (Lipinski definition) is 3. The molecule has 0 bridgehead atoms. The number of sulfonamides is 1. The molecule has 6 heteroatoms. The van der Waals surface area contributed by atoms with Crippen molar-refractivity contribution in [2.45, 2.75) is 45.4 Å². The van der Waals surface area contributed by atoms with E-state index in [1.54, 1.807) is 24.3 Å². The standard InChI is InChI=1S/C18H26N2O3S/c1-2-11-24(22,23)20-16-9-7-15(8-10-16)19-18(21)12-17(13-3-4-13)14-5-6-14/h7-10,13-14,17,20H,2-6,11-12H2,1H3,(H,19,21). The van der Waals surface area contributed by atoms with Gasteiger partial charge < -0.3 is 5.32 Å². The molecular weight excluding hydrogens is 324 g/mol. The molecule has 0 spiro atoms. The van der Waals surface area contributed by atoms with E-state index in [4.69, 9.17) is 0 Å². The van der Waals surface area contributed by atoms with Gasteiger partial charge in [-0.15, -0.1) is 0 Å². The lowest BCUT2D eigenvalue weighted by Crippen LogP contribution is -2.19. The average molecular weight is 350 g/mol. The van der Waals surface area contributed by atoms with Gasteiger partial charge in [0.1, 0.15) is 0 Å². The van der Waals surface area contributed by atoms with Crippen molar-refractivity contribution in [3.8, 4) is 0 Å². The summed E-state index contributed by atoms with van der Waals surface area (Å²) in [6.45, 7) is 1.83. The molecule has 0 heterocycles. The smallest absolute Gasteiger partial charge is 0.232 e. The topological polar surface area (TPSA) is 75.3 Å². The highest BCUT2D eigenvalue weighted by Crippen LogP contribution is 2.50. The third-order valence-electron chi connectivity index (χ3n) is 4.79. The summed E-state index contributed by atoms with van der Waals surface area (Å²) in [5.41, 5.74) is 1.24. The summed E-state index contributed by atoms with van der Waals surface area (Å²) < 4.78 is 26.0. The molecule has 1 aromatic carbocycles. The molecule has 2 fully saturated rings. The normalized spacial score (nSPS) is 17.8. The predicted molar refractivity (Wildman–Crippen MR) is 96.3 cm³/mol. The molecular formula is C18H26N2O3S. The molecule has 132 valence electrons. The van der Waals surface area contributed by atoms with Crippen molar-refractivity contribution in [3.63, 3.8) is 0 Å². The summed E-state index contributed by atoms with van der Waals surface area (Å²) in [5.74, 6) is 2.26. The van der Waals surface area contributed by atoms with Crippen molar-refractivity contribution in [3.05, 3.63) is 24.3 Å². The van der Waals surface area contributed by atoms with E-state index in [2.05, 4.69) is 10.0 Å². The molecule has 0 aromatic heterocycles. The van der Waals surface area contributed by atoms with E-state index in [0.717, 1.165) is 11.8 Å². The van der Waals surface area contributed by atoms with E-state index >= 15 is 0 Å². The van der Waals surface area contributed by atoms with Gasteiger partial charge in [-0.25, -0.2) is 8.42 Å². The summed E-state index contributed by atoms with van der Waals surface area (Å²) in [4.78, 5) is 12.3. The second kappa shape index (κ2) is 7.13. The monoisotopic (exact) mass is 350 g/mol. The maximum Gasteiger partial charge on any atom is 0.232 e. The van der Waals surface area contributed by atoms with E-state index in [-0.39, 0.29) is 11.7 Å². The highest BCUT2D eigenvalue weighted by Gasteiger charge is 2.42. The molecule has 0 atom stereocenters. The predicted octanol–water partition coefficient (Wildman–Crippen LogP) is 3.60. The van der Waals surface area contributed by atoms with Crippen LogP contribution in [0.4, 0.5) is 11.4 Å². The number of rotatable bonds is 9. The summed E-state index contributed by atoms with van der Waals surface area (Å²) in [6, 6.07) is 6.85. The summed E-state index contributed by atoms with van der Waals surface area (Å²) in [7, 11) is -3.28. The molecule has 5 nitrogen and oxygen atoms in total. The number of carbonyl (C=O) groups excluding carboxylic acids is 1. The third kappa shape index (κ3) is 4.97. The minimum Gasteiger partial charge on any atom is -0.326 e. The molecule has 2 N–H and O–H groups in total. The fourth-order valence-electron chi connectivity index (χ4n) is 3.31. The Morgan fingerprint density at radius 3 is 2.12 bits per heavy atom. The molecule has 0 radical (unpaired) electrons. The number of hydrogen-bond donors (Lipinski definition) is 2. The zero-order chi connectivity index (χ0) is 17.2. The van der Waals surface area contributed by atoms with Crippen molar-refractivity contribution in [2.24, 2.45) is 17.8 Å². The number of carbonyl (C=O) groups is 1. The molecule has 0 saturated heterocycles. The van der Waals surface area contributed by atoms with Gasteiger partial charge in [0.05, 0.1) is 5.75 Å². The summed E-state index contributed by atoms with van der Waals surface area (Å²) in [5, 5.41) is 2.94. The second-order valence-electron chi connectivity index (χ2n) is 7.09. The quantitative estimate of drug-likeness (QED) is 0.714. The molecule has 2 aliphatic carbocycles. The van der Waals surface area contributed by atoms with Gasteiger partial charge in [-0.3, -0.25) is 9.52 Å². The van der Waals surface area contributed by atoms with Crippen LogP contribution in [-0.2, 0) is 14.8 Å². The lowest BCUT2D eigenvalue weighted by Gasteiger charge is -2.15. The lowest BCUT2D eigenvalue weighted by atomic mass is 9.94. The van der Waals surface area contributed by atoms with Crippen molar-refractivity contribution in [2.75, 3.05) is 15.8 Å². The SMILES string of the molecule is CCCS(=O)(=O)Nc1ccc(NC(=O)CC(C2CC2)C2CC2)cc1. The maximum atomic E-state index is 12.3. The first-order valence-electron chi connectivity index (χ1n) is 8.87. The Labute approximate surface area is 144 Å². The van der Waals surface area contributed by atoms with Crippen LogP contribution < -0.4 is 10.0 Å². The van der Waals surface area contributed by atoms with Gasteiger partial charge in [-0.05, 0) is 74.1 Å². The number of benzene rings is 1. The molecule has 3 rings (SSSR count). The van der Waals surface area contributed by atoms with E-state index in [0.29, 0.717) is 30.1 Å². The first kappa shape index (κ1) is 17.3. The van der Waals surface area contributed by atoms with Crippen LogP contribution >= 0.6 is 0 Å². The summed E-state index contributed by atoms with van der Waals surface area (Å²) >= 11 is 0. The zero-order valence-electron chi connectivity index (χ0n) is 14.1. The molecule has 1 aromatic rings. The average Bonchev–Trinajstić information content (AvgIpc) is 3.39. The minimum atomic E-state index is -3.28. The molecule has 2 aliphatic rings. The fraction of sp³-hybridized carbons (Fsp3) is 0.611. The van der Waals surface area contributed by atoms with E-state index in [1.165, 1.54) is 25.7 Å². The highest BCUT2D eigenvalue weighted by atomic mass is 32.2. The van der Waals surface area contributed by atoms with Crippen molar-refractivity contribution < 1.29 is 13.2 Å². The number of anilines is 2. The van der Waals surface area contributed by atoms with Crippen LogP contribution in [0, 0.1) is 17.8 Å². The van der Waals surface area contributed by atoms with Gasteiger partial charge >= 0.3 is 0 Å². The Kier molecular flexibility index (Phi) is 5.13. The Morgan fingerprint density at radius 2 is 1.62 bits per heavy atom. The van der Waals surface area contributed by atoms with Gasteiger partial charge in [0, 0.05) is 17.8 Å². The van der Waals surface area contributed by atoms with Gasteiger partial charge in [0.25, 0.3) is 0 Å². The molecule has 0 unspecified atom stereocenters. The maximum absolute atomic E-state index is 12.3. The largest absolute Gasteiger partial charge is 0.326 e. The van der Waals surface area contributed by atoms with Crippen LogP contribution in [0.3, 0.4) is 0 Å². The van der Waals surface area contributed by atoms with Crippen LogP contribution in [-0.4, -0.2) is 20.1 Å². The van der Waals surface area contributed by atoms with E-state index in [1.807, 2.05) is 6.92 Å². The van der Waals surface area contributed by atoms with Crippen LogP contribution in [0.1, 0.15) is 45.4 Å². The first-order chi connectivity index (χ1) is 11.5. The molecule has 0 aliphatic heterocycles. The zero-order valence-corrected chi connectivity index (χ0v) is 14.9. The van der Waals surface area contributed by atoms with Crippen molar-refractivity contribution >= 4 is 27.3 Å². The third-order valence-corrected chi connectivity index (χ3v) is 6.28. The Morgan fingerprint density at radius 1 is 1.08 bits per heavy atom. The van der Waals surface area contributed by atoms with Gasteiger partial charge in [-0.2, -0.15) is 0 Å². The highest BCUT2D eigenvalue weighted by molar-refractivity contribution is 7.92. The van der Waals surface area contributed by atoms with Crippen LogP contribution in [0.2, 0.25) is 0 Å². The van der Waals surface area contributed by atoms with Gasteiger partial charge in [-0.1, -0.05) is 6.92 Å². The fourth-order valence-corrected chi connectivity index (χ4v) is 4.45. The molecule has 2 saturated carbocycles. The van der Waals surface area contributed by atoms with E-state index < -0.39 is 10.0 Å². The van der Waals surface area contributed by atoms with Crippen LogP contribution in [0.15, 0.2) is 24.3 Å². The minimum absolute atomic E-state index is 0.0677. The number of amides is 1. The van der Waals surface area contributed by atoms with Crippen molar-refractivity contribution in [1.82, 2.24) is 0 Å². The Hall–Kier alpha value is -1.56. The van der Waals surface area contributed by atoms with Gasteiger partial charge in [0.15, 0.2) is 0 Å². The second-order valence-corrected chi connectivity index (χ2v) is 8.93. The van der Waals surface area contributed by atoms with Gasteiger partial charge in [0.2, 0.25) is 15.9 Å². The Bertz CT molecular complexity index is 665. The number of nitrogens with one attached hydrogen (secondary N) is 2. The van der Waals surface area contributed by atoms with Crippen molar-refractivity contribution in [1.29, 1.82) is 0 Å². The molecule has 24 heavy (non-hydrogen) atoms. The van der Waals surface area contributed by atoms with E-state index in [9.17, 15) is 13.2 Å².